The van der Waals surface area contributed by atoms with E-state index in [0.717, 1.165) is 19.5 Å². The van der Waals surface area contributed by atoms with Gasteiger partial charge in [-0.15, -0.1) is 0 Å². The van der Waals surface area contributed by atoms with Gasteiger partial charge in [-0.05, 0) is 24.3 Å². The van der Waals surface area contributed by atoms with Crippen LogP contribution in [0.3, 0.4) is 0 Å². The van der Waals surface area contributed by atoms with Crippen LogP contribution in [-0.2, 0) is 0 Å². The summed E-state index contributed by atoms with van der Waals surface area (Å²) in [6, 6.07) is 1.42. The number of hydrogen-bond donors (Lipinski definition) is 1. The molecule has 0 aliphatic carbocycles. The molecule has 1 fully saturated rings. The Morgan fingerprint density at radius 2 is 2.29 bits per heavy atom. The van der Waals surface area contributed by atoms with E-state index in [1.807, 2.05) is 0 Å². The lowest BCUT2D eigenvalue weighted by molar-refractivity contribution is 0.0690. The van der Waals surface area contributed by atoms with E-state index >= 15 is 0 Å². The van der Waals surface area contributed by atoms with E-state index in [0.29, 0.717) is 5.95 Å². The van der Waals surface area contributed by atoms with Crippen LogP contribution < -0.4 is 4.90 Å². The Balaban J connectivity index is 2.22. The number of aromatic nitrogens is 2. The fourth-order valence-electron chi connectivity index (χ4n) is 2.21. The molecular weight excluding hydrogens is 218 g/mol. The van der Waals surface area contributed by atoms with Gasteiger partial charge in [0.1, 0.15) is 0 Å². The third-order valence-corrected chi connectivity index (χ3v) is 3.05. The van der Waals surface area contributed by atoms with Crippen LogP contribution in [0.15, 0.2) is 12.3 Å². The SMILES string of the molecule is CC1(C)CCCN(c2nccc(C(=O)O)n2)C1. The molecule has 1 aliphatic heterocycles. The minimum atomic E-state index is -1.01. The predicted molar refractivity (Wildman–Crippen MR) is 64.2 cm³/mol. The van der Waals surface area contributed by atoms with E-state index in [1.165, 1.54) is 18.7 Å². The minimum absolute atomic E-state index is 0.0541. The molecule has 1 aliphatic rings. The number of nitrogens with zero attached hydrogens (tertiary/aromatic N) is 3. The Bertz CT molecular complexity index is 432. The first-order chi connectivity index (χ1) is 7.98. The zero-order valence-corrected chi connectivity index (χ0v) is 10.2. The van der Waals surface area contributed by atoms with Crippen molar-refractivity contribution in [2.45, 2.75) is 26.7 Å². The Morgan fingerprint density at radius 3 is 2.94 bits per heavy atom. The highest BCUT2D eigenvalue weighted by Crippen LogP contribution is 2.29. The second kappa shape index (κ2) is 4.31. The van der Waals surface area contributed by atoms with Gasteiger partial charge >= 0.3 is 5.97 Å². The van der Waals surface area contributed by atoms with Crippen molar-refractivity contribution in [3.8, 4) is 0 Å². The Kier molecular flexibility index (Phi) is 3.00. The van der Waals surface area contributed by atoms with Crippen LogP contribution in [0.4, 0.5) is 5.95 Å². The third kappa shape index (κ3) is 2.72. The first kappa shape index (κ1) is 11.8. The summed E-state index contributed by atoms with van der Waals surface area (Å²) >= 11 is 0. The largest absolute Gasteiger partial charge is 0.477 e. The highest BCUT2D eigenvalue weighted by atomic mass is 16.4. The topological polar surface area (TPSA) is 66.3 Å². The first-order valence-corrected chi connectivity index (χ1v) is 5.79. The summed E-state index contributed by atoms with van der Waals surface area (Å²) in [6.45, 7) is 6.18. The molecule has 0 saturated carbocycles. The summed E-state index contributed by atoms with van der Waals surface area (Å²) in [5.74, 6) is -0.484. The molecular formula is C12H17N3O2. The fourth-order valence-corrected chi connectivity index (χ4v) is 2.21. The lowest BCUT2D eigenvalue weighted by atomic mass is 9.84. The maximum atomic E-state index is 10.9. The lowest BCUT2D eigenvalue weighted by Crippen LogP contribution is -2.41. The summed E-state index contributed by atoms with van der Waals surface area (Å²) in [4.78, 5) is 21.2. The van der Waals surface area contributed by atoms with Gasteiger partial charge in [-0.3, -0.25) is 0 Å². The minimum Gasteiger partial charge on any atom is -0.477 e. The van der Waals surface area contributed by atoms with Crippen LogP contribution in [0, 0.1) is 5.41 Å². The van der Waals surface area contributed by atoms with Crippen molar-refractivity contribution < 1.29 is 9.90 Å². The van der Waals surface area contributed by atoms with Gasteiger partial charge in [-0.2, -0.15) is 0 Å². The molecule has 0 atom stereocenters. The van der Waals surface area contributed by atoms with Gasteiger partial charge < -0.3 is 10.0 Å². The molecule has 17 heavy (non-hydrogen) atoms. The Hall–Kier alpha value is -1.65. The molecule has 92 valence electrons. The zero-order chi connectivity index (χ0) is 12.5. The third-order valence-electron chi connectivity index (χ3n) is 3.05. The van der Waals surface area contributed by atoms with E-state index in [4.69, 9.17) is 5.11 Å². The number of anilines is 1. The maximum Gasteiger partial charge on any atom is 0.354 e. The van der Waals surface area contributed by atoms with Crippen LogP contribution in [0.25, 0.3) is 0 Å². The van der Waals surface area contributed by atoms with Crippen molar-refractivity contribution in [3.63, 3.8) is 0 Å². The van der Waals surface area contributed by atoms with Crippen LogP contribution in [0.5, 0.6) is 0 Å². The number of rotatable bonds is 2. The number of carbonyl (C=O) groups is 1. The number of carboxylic acids is 1. The molecule has 0 amide bonds. The molecule has 0 radical (unpaired) electrons. The fraction of sp³-hybridized carbons (Fsp3) is 0.583. The summed E-state index contributed by atoms with van der Waals surface area (Å²) in [6.07, 6.45) is 3.78. The second-order valence-corrected chi connectivity index (χ2v) is 5.24. The normalized spacial score (nSPS) is 19.1. The number of aromatic carboxylic acids is 1. The zero-order valence-electron chi connectivity index (χ0n) is 10.2. The van der Waals surface area contributed by atoms with E-state index < -0.39 is 5.97 Å². The highest BCUT2D eigenvalue weighted by molar-refractivity contribution is 5.85. The van der Waals surface area contributed by atoms with Crippen molar-refractivity contribution in [2.75, 3.05) is 18.0 Å². The number of piperidine rings is 1. The molecule has 1 N–H and O–H groups in total. The van der Waals surface area contributed by atoms with Crippen LogP contribution in [0.1, 0.15) is 37.2 Å². The van der Waals surface area contributed by atoms with Gasteiger partial charge in [0.2, 0.25) is 5.95 Å². The molecule has 0 aromatic carbocycles. The Morgan fingerprint density at radius 1 is 1.53 bits per heavy atom. The van der Waals surface area contributed by atoms with Crippen molar-refractivity contribution in [2.24, 2.45) is 5.41 Å². The van der Waals surface area contributed by atoms with Gasteiger partial charge in [-0.1, -0.05) is 13.8 Å². The van der Waals surface area contributed by atoms with E-state index in [9.17, 15) is 4.79 Å². The molecule has 5 heteroatoms. The average Bonchev–Trinajstić information content (AvgIpc) is 2.28. The summed E-state index contributed by atoms with van der Waals surface area (Å²) in [7, 11) is 0. The van der Waals surface area contributed by atoms with Gasteiger partial charge in [-0.25, -0.2) is 14.8 Å². The van der Waals surface area contributed by atoms with Crippen molar-refractivity contribution in [3.05, 3.63) is 18.0 Å². The number of carboxylic acid groups (broad SMARTS) is 1. The molecule has 0 unspecified atom stereocenters. The predicted octanol–water partition coefficient (Wildman–Crippen LogP) is 1.80. The molecule has 0 bridgehead atoms. The quantitative estimate of drug-likeness (QED) is 0.846. The van der Waals surface area contributed by atoms with Gasteiger partial charge in [0.05, 0.1) is 0 Å². The summed E-state index contributed by atoms with van der Waals surface area (Å²) in [5.41, 5.74) is 0.291. The second-order valence-electron chi connectivity index (χ2n) is 5.24. The highest BCUT2D eigenvalue weighted by Gasteiger charge is 2.27. The average molecular weight is 235 g/mol. The monoisotopic (exact) mass is 235 g/mol. The standard InChI is InChI=1S/C12H17N3O2/c1-12(2)5-3-7-15(8-12)11-13-6-4-9(14-11)10(16)17/h4,6H,3,5,7-8H2,1-2H3,(H,16,17). The van der Waals surface area contributed by atoms with Crippen molar-refractivity contribution in [1.82, 2.24) is 9.97 Å². The smallest absolute Gasteiger partial charge is 0.354 e. The van der Waals surface area contributed by atoms with Crippen LogP contribution >= 0.6 is 0 Å². The van der Waals surface area contributed by atoms with Crippen LogP contribution in [-0.4, -0.2) is 34.1 Å². The van der Waals surface area contributed by atoms with Gasteiger partial charge in [0.25, 0.3) is 0 Å². The van der Waals surface area contributed by atoms with E-state index in [2.05, 4.69) is 28.7 Å². The molecule has 2 rings (SSSR count). The molecule has 1 aromatic heterocycles. The van der Waals surface area contributed by atoms with E-state index in [-0.39, 0.29) is 11.1 Å². The molecule has 5 nitrogen and oxygen atoms in total. The van der Waals surface area contributed by atoms with Gasteiger partial charge in [0, 0.05) is 19.3 Å². The molecule has 1 aromatic rings. The van der Waals surface area contributed by atoms with Crippen molar-refractivity contribution in [1.29, 1.82) is 0 Å². The molecule has 0 spiro atoms. The van der Waals surface area contributed by atoms with Gasteiger partial charge in [0.15, 0.2) is 5.69 Å². The summed E-state index contributed by atoms with van der Waals surface area (Å²) in [5, 5.41) is 8.90. The number of hydrogen-bond acceptors (Lipinski definition) is 4. The molecule has 1 saturated heterocycles. The first-order valence-electron chi connectivity index (χ1n) is 5.79. The molecule has 2 heterocycles. The summed E-state index contributed by atoms with van der Waals surface area (Å²) < 4.78 is 0. The maximum absolute atomic E-state index is 10.9. The van der Waals surface area contributed by atoms with E-state index in [1.54, 1.807) is 0 Å². The Labute approximate surface area is 100 Å². The lowest BCUT2D eigenvalue weighted by Gasteiger charge is -2.38. The van der Waals surface area contributed by atoms with Crippen LogP contribution in [0.2, 0.25) is 0 Å². The van der Waals surface area contributed by atoms with Crippen molar-refractivity contribution >= 4 is 11.9 Å².